The van der Waals surface area contributed by atoms with E-state index in [0.717, 1.165) is 25.9 Å². The van der Waals surface area contributed by atoms with Gasteiger partial charge in [0.1, 0.15) is 0 Å². The highest BCUT2D eigenvalue weighted by atomic mass is 16.2. The van der Waals surface area contributed by atoms with Gasteiger partial charge < -0.3 is 10.6 Å². The van der Waals surface area contributed by atoms with Gasteiger partial charge >= 0.3 is 0 Å². The molecule has 5 heteroatoms. The maximum Gasteiger partial charge on any atom is 0.276 e. The summed E-state index contributed by atoms with van der Waals surface area (Å²) < 4.78 is 1.60. The highest BCUT2D eigenvalue weighted by Crippen LogP contribution is 2.34. The van der Waals surface area contributed by atoms with Crippen molar-refractivity contribution >= 4 is 11.6 Å². The molecule has 2 N–H and O–H groups in total. The van der Waals surface area contributed by atoms with Crippen molar-refractivity contribution in [2.75, 3.05) is 18.8 Å². The Morgan fingerprint density at radius 3 is 2.60 bits per heavy atom. The highest BCUT2D eigenvalue weighted by Gasteiger charge is 2.29. The number of nitrogen functional groups attached to an aromatic ring is 1. The Kier molecular flexibility index (Phi) is 4.06. The van der Waals surface area contributed by atoms with Gasteiger partial charge in [-0.3, -0.25) is 9.48 Å². The molecule has 112 valence electrons. The fourth-order valence-electron chi connectivity index (χ4n) is 2.99. The third-order valence-corrected chi connectivity index (χ3v) is 4.30. The van der Waals surface area contributed by atoms with Gasteiger partial charge in [0.15, 0.2) is 5.69 Å². The molecule has 0 saturated carbocycles. The van der Waals surface area contributed by atoms with Crippen LogP contribution in [-0.2, 0) is 7.05 Å². The van der Waals surface area contributed by atoms with E-state index in [1.807, 2.05) is 4.90 Å². The zero-order valence-electron chi connectivity index (χ0n) is 13.0. The molecule has 0 bridgehead atoms. The van der Waals surface area contributed by atoms with Crippen molar-refractivity contribution in [3.63, 3.8) is 0 Å². The van der Waals surface area contributed by atoms with Crippen LogP contribution in [0.25, 0.3) is 0 Å². The van der Waals surface area contributed by atoms with Crippen LogP contribution in [0.15, 0.2) is 6.20 Å². The van der Waals surface area contributed by atoms with Crippen molar-refractivity contribution in [3.05, 3.63) is 11.9 Å². The van der Waals surface area contributed by atoms with Crippen LogP contribution in [0, 0.1) is 11.3 Å². The van der Waals surface area contributed by atoms with Gasteiger partial charge in [-0.05, 0) is 30.6 Å². The number of rotatable bonds is 1. The second-order valence-electron chi connectivity index (χ2n) is 6.89. The summed E-state index contributed by atoms with van der Waals surface area (Å²) >= 11 is 0. The van der Waals surface area contributed by atoms with E-state index in [4.69, 9.17) is 5.73 Å². The van der Waals surface area contributed by atoms with Gasteiger partial charge in [0.05, 0.1) is 5.69 Å². The molecule has 1 atom stereocenters. The topological polar surface area (TPSA) is 64.2 Å². The lowest BCUT2D eigenvalue weighted by Crippen LogP contribution is -2.33. The zero-order valence-corrected chi connectivity index (χ0v) is 13.0. The first-order valence-electron chi connectivity index (χ1n) is 7.37. The third-order valence-electron chi connectivity index (χ3n) is 4.30. The van der Waals surface area contributed by atoms with Crippen LogP contribution in [0.3, 0.4) is 0 Å². The van der Waals surface area contributed by atoms with Gasteiger partial charge in [-0.25, -0.2) is 0 Å². The summed E-state index contributed by atoms with van der Waals surface area (Å²) in [5.41, 5.74) is 7.02. The summed E-state index contributed by atoms with van der Waals surface area (Å²) in [5, 5.41) is 4.18. The Morgan fingerprint density at radius 1 is 1.35 bits per heavy atom. The number of likely N-dealkylation sites (tertiary alicyclic amines) is 1. The predicted octanol–water partition coefficient (Wildman–Crippen LogP) is 2.29. The SMILES string of the molecule is Cn1cc(N)c(C(=O)N2CCCC(C(C)(C)C)CC2)n1. The quantitative estimate of drug-likeness (QED) is 0.857. The number of hydrogen-bond acceptors (Lipinski definition) is 3. The number of hydrogen-bond donors (Lipinski definition) is 1. The fraction of sp³-hybridized carbons (Fsp3) is 0.733. The second kappa shape index (κ2) is 5.46. The Labute approximate surface area is 121 Å². The molecule has 0 aliphatic carbocycles. The molecule has 1 aromatic heterocycles. The van der Waals surface area contributed by atoms with Gasteiger partial charge in [-0.1, -0.05) is 20.8 Å². The molecule has 2 rings (SSSR count). The molecule has 2 heterocycles. The third kappa shape index (κ3) is 3.14. The van der Waals surface area contributed by atoms with Crippen molar-refractivity contribution in [2.45, 2.75) is 40.0 Å². The number of carbonyl (C=O) groups is 1. The summed E-state index contributed by atoms with van der Waals surface area (Å²) in [6, 6.07) is 0. The van der Waals surface area contributed by atoms with Crippen molar-refractivity contribution in [1.82, 2.24) is 14.7 Å². The van der Waals surface area contributed by atoms with Gasteiger partial charge in [-0.15, -0.1) is 0 Å². The molecule has 1 amide bonds. The van der Waals surface area contributed by atoms with E-state index in [1.54, 1.807) is 17.9 Å². The molecule has 1 fully saturated rings. The molecule has 0 spiro atoms. The Balaban J connectivity index is 2.07. The first-order valence-corrected chi connectivity index (χ1v) is 7.37. The van der Waals surface area contributed by atoms with Crippen LogP contribution in [0.1, 0.15) is 50.5 Å². The van der Waals surface area contributed by atoms with Crippen LogP contribution < -0.4 is 5.73 Å². The molecular formula is C15H26N4O. The average Bonchev–Trinajstić information content (AvgIpc) is 2.56. The average molecular weight is 278 g/mol. The van der Waals surface area contributed by atoms with E-state index in [-0.39, 0.29) is 5.91 Å². The van der Waals surface area contributed by atoms with E-state index in [2.05, 4.69) is 25.9 Å². The van der Waals surface area contributed by atoms with Crippen LogP contribution in [0.2, 0.25) is 0 Å². The smallest absolute Gasteiger partial charge is 0.276 e. The number of amides is 1. The van der Waals surface area contributed by atoms with Gasteiger partial charge in [0.2, 0.25) is 0 Å². The van der Waals surface area contributed by atoms with Crippen molar-refractivity contribution in [2.24, 2.45) is 18.4 Å². The lowest BCUT2D eigenvalue weighted by atomic mass is 9.77. The van der Waals surface area contributed by atoms with Crippen LogP contribution in [0.5, 0.6) is 0 Å². The normalized spacial score (nSPS) is 20.8. The Bertz CT molecular complexity index is 487. The number of anilines is 1. The first kappa shape index (κ1) is 14.9. The molecule has 20 heavy (non-hydrogen) atoms. The highest BCUT2D eigenvalue weighted by molar-refractivity contribution is 5.97. The molecule has 1 unspecified atom stereocenters. The minimum Gasteiger partial charge on any atom is -0.396 e. The zero-order chi connectivity index (χ0) is 14.9. The fourth-order valence-corrected chi connectivity index (χ4v) is 2.99. The van der Waals surface area contributed by atoms with Crippen molar-refractivity contribution in [3.8, 4) is 0 Å². The number of aromatic nitrogens is 2. The van der Waals surface area contributed by atoms with E-state index in [0.29, 0.717) is 22.7 Å². The van der Waals surface area contributed by atoms with E-state index in [9.17, 15) is 4.79 Å². The number of nitrogens with zero attached hydrogens (tertiary/aromatic N) is 3. The summed E-state index contributed by atoms with van der Waals surface area (Å²) in [4.78, 5) is 14.4. The molecule has 5 nitrogen and oxygen atoms in total. The van der Waals surface area contributed by atoms with Crippen molar-refractivity contribution < 1.29 is 4.79 Å². The van der Waals surface area contributed by atoms with Crippen LogP contribution in [0.4, 0.5) is 5.69 Å². The number of nitrogens with two attached hydrogens (primary N) is 1. The van der Waals surface area contributed by atoms with E-state index in [1.165, 1.54) is 6.42 Å². The van der Waals surface area contributed by atoms with Crippen molar-refractivity contribution in [1.29, 1.82) is 0 Å². The molecule has 1 aromatic rings. The standard InChI is InChI=1S/C15H26N4O/c1-15(2,3)11-6-5-8-19(9-7-11)14(20)13-12(16)10-18(4)17-13/h10-11H,5-9,16H2,1-4H3. The number of aryl methyl sites for hydroxylation is 1. The van der Waals surface area contributed by atoms with E-state index < -0.39 is 0 Å². The minimum atomic E-state index is -0.0299. The van der Waals surface area contributed by atoms with Gasteiger partial charge in [0, 0.05) is 26.3 Å². The molecule has 1 saturated heterocycles. The molecule has 1 aliphatic heterocycles. The van der Waals surface area contributed by atoms with Gasteiger partial charge in [0.25, 0.3) is 5.91 Å². The van der Waals surface area contributed by atoms with Gasteiger partial charge in [-0.2, -0.15) is 5.10 Å². The summed E-state index contributed by atoms with van der Waals surface area (Å²) in [6.07, 6.45) is 4.98. The largest absolute Gasteiger partial charge is 0.396 e. The molecule has 0 radical (unpaired) electrons. The van der Waals surface area contributed by atoms with Crippen LogP contribution >= 0.6 is 0 Å². The molecule has 0 aromatic carbocycles. The summed E-state index contributed by atoms with van der Waals surface area (Å²) in [5.74, 6) is 0.638. The first-order chi connectivity index (χ1) is 9.29. The number of carbonyl (C=O) groups excluding carboxylic acids is 1. The van der Waals surface area contributed by atoms with Crippen LogP contribution in [-0.4, -0.2) is 33.7 Å². The monoisotopic (exact) mass is 278 g/mol. The summed E-state index contributed by atoms with van der Waals surface area (Å²) in [6.45, 7) is 8.46. The minimum absolute atomic E-state index is 0.0299. The van der Waals surface area contributed by atoms with E-state index >= 15 is 0 Å². The maximum atomic E-state index is 12.5. The molecule has 1 aliphatic rings. The Hall–Kier alpha value is -1.52. The summed E-state index contributed by atoms with van der Waals surface area (Å²) in [7, 11) is 1.78. The maximum absolute atomic E-state index is 12.5. The molecular weight excluding hydrogens is 252 g/mol. The Morgan fingerprint density at radius 2 is 2.05 bits per heavy atom. The predicted molar refractivity (Wildman–Crippen MR) is 80.3 cm³/mol. The lowest BCUT2D eigenvalue weighted by molar-refractivity contribution is 0.0750. The second-order valence-corrected chi connectivity index (χ2v) is 6.89. The lowest BCUT2D eigenvalue weighted by Gasteiger charge is -2.29.